The molecule has 0 radical (unpaired) electrons. The van der Waals surface area contributed by atoms with Crippen molar-refractivity contribution in [2.75, 3.05) is 25.5 Å². The van der Waals surface area contributed by atoms with Gasteiger partial charge in [0.05, 0.1) is 6.04 Å². The average Bonchev–Trinajstić information content (AvgIpc) is 2.77. The van der Waals surface area contributed by atoms with Crippen LogP contribution in [-0.4, -0.2) is 66.4 Å². The van der Waals surface area contributed by atoms with Crippen LogP contribution in [0.3, 0.4) is 0 Å². The minimum Gasteiger partial charge on any atom is -0.378 e. The first-order chi connectivity index (χ1) is 16.2. The van der Waals surface area contributed by atoms with Crippen LogP contribution in [0.15, 0.2) is 24.3 Å². The molecule has 1 saturated carbocycles. The number of rotatable bonds is 8. The van der Waals surface area contributed by atoms with Crippen molar-refractivity contribution in [2.45, 2.75) is 83.5 Å². The number of nitrogens with zero attached hydrogens (tertiary/aromatic N) is 3. The molecule has 0 spiro atoms. The number of hydrogen-bond acceptors (Lipinski definition) is 4. The summed E-state index contributed by atoms with van der Waals surface area (Å²) in [5.41, 5.74) is 7.69. The number of amides is 4. The molecule has 3 N–H and O–H groups in total. The fraction of sp³-hybridized carbons (Fsp3) is 0.654. The first-order valence-corrected chi connectivity index (χ1v) is 12.6. The van der Waals surface area contributed by atoms with E-state index in [1.165, 1.54) is 6.42 Å². The Bertz CT molecular complexity index is 848. The SMILES string of the molecule is CC(C)C[C@H]1C(=O)N(Cc2ccc(N(C)C)cc2)C[C@@H](CC(N)=O)N1C(=O)NC1CCCCC1. The lowest BCUT2D eigenvalue weighted by molar-refractivity contribution is -0.145. The van der Waals surface area contributed by atoms with Crippen LogP contribution in [0.1, 0.15) is 64.4 Å². The Labute approximate surface area is 203 Å². The summed E-state index contributed by atoms with van der Waals surface area (Å²) in [7, 11) is 3.97. The molecule has 0 unspecified atom stereocenters. The van der Waals surface area contributed by atoms with Gasteiger partial charge in [-0.2, -0.15) is 0 Å². The number of primary amides is 1. The number of nitrogens with one attached hydrogen (secondary N) is 1. The fourth-order valence-corrected chi connectivity index (χ4v) is 5.14. The molecule has 2 atom stereocenters. The van der Waals surface area contributed by atoms with Crippen LogP contribution >= 0.6 is 0 Å². The van der Waals surface area contributed by atoms with Crippen molar-refractivity contribution in [3.63, 3.8) is 0 Å². The largest absolute Gasteiger partial charge is 0.378 e. The number of nitrogens with two attached hydrogens (primary N) is 1. The molecule has 4 amide bonds. The fourth-order valence-electron chi connectivity index (χ4n) is 5.14. The molecule has 1 saturated heterocycles. The zero-order valence-electron chi connectivity index (χ0n) is 21.1. The van der Waals surface area contributed by atoms with Crippen molar-refractivity contribution in [3.8, 4) is 0 Å². The number of piperazine rings is 1. The van der Waals surface area contributed by atoms with Gasteiger partial charge < -0.3 is 25.8 Å². The summed E-state index contributed by atoms with van der Waals surface area (Å²) in [5.74, 6) is -0.314. The summed E-state index contributed by atoms with van der Waals surface area (Å²) in [6, 6.07) is 6.92. The lowest BCUT2D eigenvalue weighted by Crippen LogP contribution is -2.66. The standard InChI is InChI=1S/C26H41N5O3/c1-18(2)14-23-25(33)30(16-19-10-12-21(13-11-19)29(3)4)17-22(15-24(27)32)31(23)26(34)28-20-8-6-5-7-9-20/h10-13,18,20,22-23H,5-9,14-17H2,1-4H3,(H2,27,32)(H,28,34)/t22-,23+/m1/s1. The predicted molar refractivity (Wildman–Crippen MR) is 134 cm³/mol. The van der Waals surface area contributed by atoms with Crippen LogP contribution in [0, 0.1) is 5.92 Å². The quantitative estimate of drug-likeness (QED) is 0.609. The Kier molecular flexibility index (Phi) is 8.80. The highest BCUT2D eigenvalue weighted by Gasteiger charge is 2.44. The van der Waals surface area contributed by atoms with Gasteiger partial charge in [0.15, 0.2) is 0 Å². The van der Waals surface area contributed by atoms with Gasteiger partial charge in [-0.05, 0) is 42.9 Å². The van der Waals surface area contributed by atoms with E-state index in [9.17, 15) is 14.4 Å². The molecule has 0 aromatic heterocycles. The van der Waals surface area contributed by atoms with Crippen LogP contribution in [-0.2, 0) is 16.1 Å². The van der Waals surface area contributed by atoms with E-state index in [0.717, 1.165) is 36.9 Å². The average molecular weight is 472 g/mol. The molecule has 34 heavy (non-hydrogen) atoms. The molecule has 1 aliphatic carbocycles. The summed E-state index contributed by atoms with van der Waals surface area (Å²) in [5, 5.41) is 3.16. The van der Waals surface area contributed by atoms with Crippen molar-refractivity contribution in [1.29, 1.82) is 0 Å². The van der Waals surface area contributed by atoms with Gasteiger partial charge in [-0.25, -0.2) is 4.79 Å². The molecule has 8 heteroatoms. The van der Waals surface area contributed by atoms with Crippen LogP contribution < -0.4 is 16.0 Å². The summed E-state index contributed by atoms with van der Waals surface area (Å²) in [6.07, 6.45) is 5.89. The van der Waals surface area contributed by atoms with Crippen molar-refractivity contribution >= 4 is 23.5 Å². The molecule has 1 aliphatic heterocycles. The maximum atomic E-state index is 13.7. The Hall–Kier alpha value is -2.77. The van der Waals surface area contributed by atoms with Gasteiger partial charge in [0.25, 0.3) is 0 Å². The molecule has 2 aliphatic rings. The highest BCUT2D eigenvalue weighted by atomic mass is 16.2. The molecule has 1 heterocycles. The van der Waals surface area contributed by atoms with Crippen LogP contribution in [0.4, 0.5) is 10.5 Å². The molecule has 3 rings (SSSR count). The zero-order valence-corrected chi connectivity index (χ0v) is 21.1. The zero-order chi connectivity index (χ0) is 24.8. The number of anilines is 1. The molecular weight excluding hydrogens is 430 g/mol. The third kappa shape index (κ3) is 6.64. The molecule has 188 valence electrons. The highest BCUT2D eigenvalue weighted by Crippen LogP contribution is 2.27. The monoisotopic (exact) mass is 471 g/mol. The first kappa shape index (κ1) is 25.8. The first-order valence-electron chi connectivity index (χ1n) is 12.6. The normalized spacial score (nSPS) is 21.6. The van der Waals surface area contributed by atoms with E-state index < -0.39 is 18.0 Å². The Morgan fingerprint density at radius 1 is 1.12 bits per heavy atom. The molecule has 1 aromatic rings. The third-order valence-corrected chi connectivity index (χ3v) is 6.88. The maximum Gasteiger partial charge on any atom is 0.318 e. The molecule has 2 fully saturated rings. The topological polar surface area (TPSA) is 99.0 Å². The summed E-state index contributed by atoms with van der Waals surface area (Å²) in [6.45, 7) is 4.83. The number of hydrogen-bond donors (Lipinski definition) is 2. The number of carbonyl (C=O) groups excluding carboxylic acids is 3. The van der Waals surface area contributed by atoms with Crippen molar-refractivity contribution in [2.24, 2.45) is 11.7 Å². The van der Waals surface area contributed by atoms with Gasteiger partial charge in [0.2, 0.25) is 11.8 Å². The summed E-state index contributed by atoms with van der Waals surface area (Å²) in [4.78, 5) is 44.5. The highest BCUT2D eigenvalue weighted by molar-refractivity contribution is 5.89. The van der Waals surface area contributed by atoms with Gasteiger partial charge in [0, 0.05) is 45.3 Å². The lowest BCUT2D eigenvalue weighted by Gasteiger charge is -2.46. The van der Waals surface area contributed by atoms with E-state index in [1.807, 2.05) is 57.1 Å². The Balaban J connectivity index is 1.84. The molecule has 1 aromatic carbocycles. The van der Waals surface area contributed by atoms with Crippen LogP contribution in [0.5, 0.6) is 0 Å². The number of carbonyl (C=O) groups is 3. The third-order valence-electron chi connectivity index (χ3n) is 6.88. The Morgan fingerprint density at radius 3 is 2.32 bits per heavy atom. The van der Waals surface area contributed by atoms with Gasteiger partial charge in [-0.15, -0.1) is 0 Å². The van der Waals surface area contributed by atoms with E-state index in [4.69, 9.17) is 5.73 Å². The van der Waals surface area contributed by atoms with Gasteiger partial charge >= 0.3 is 6.03 Å². The predicted octanol–water partition coefficient (Wildman–Crippen LogP) is 3.10. The minimum atomic E-state index is -0.609. The number of urea groups is 1. The molecule has 8 nitrogen and oxygen atoms in total. The van der Waals surface area contributed by atoms with Gasteiger partial charge in [0.1, 0.15) is 6.04 Å². The van der Waals surface area contributed by atoms with E-state index in [0.29, 0.717) is 19.5 Å². The van der Waals surface area contributed by atoms with E-state index in [2.05, 4.69) is 5.32 Å². The van der Waals surface area contributed by atoms with E-state index in [1.54, 1.807) is 9.80 Å². The number of benzene rings is 1. The molecule has 0 bridgehead atoms. The smallest absolute Gasteiger partial charge is 0.318 e. The van der Waals surface area contributed by atoms with E-state index >= 15 is 0 Å². The van der Waals surface area contributed by atoms with Crippen LogP contribution in [0.25, 0.3) is 0 Å². The van der Waals surface area contributed by atoms with E-state index in [-0.39, 0.29) is 30.3 Å². The second-order valence-electron chi connectivity index (χ2n) is 10.4. The summed E-state index contributed by atoms with van der Waals surface area (Å²) < 4.78 is 0. The van der Waals surface area contributed by atoms with Crippen LogP contribution in [0.2, 0.25) is 0 Å². The van der Waals surface area contributed by atoms with Gasteiger partial charge in [-0.1, -0.05) is 45.2 Å². The lowest BCUT2D eigenvalue weighted by atomic mass is 9.94. The second-order valence-corrected chi connectivity index (χ2v) is 10.4. The minimum absolute atomic E-state index is 0.0377. The van der Waals surface area contributed by atoms with Crippen molar-refractivity contribution in [1.82, 2.24) is 15.1 Å². The maximum absolute atomic E-state index is 13.7. The van der Waals surface area contributed by atoms with Crippen molar-refractivity contribution in [3.05, 3.63) is 29.8 Å². The van der Waals surface area contributed by atoms with Crippen molar-refractivity contribution < 1.29 is 14.4 Å². The Morgan fingerprint density at radius 2 is 1.76 bits per heavy atom. The molecular formula is C26H41N5O3. The summed E-state index contributed by atoms with van der Waals surface area (Å²) >= 11 is 0. The second kappa shape index (κ2) is 11.6. The van der Waals surface area contributed by atoms with Gasteiger partial charge in [-0.3, -0.25) is 9.59 Å².